The van der Waals surface area contributed by atoms with Gasteiger partial charge in [-0.25, -0.2) is 0 Å². The number of benzene rings is 1. The van der Waals surface area contributed by atoms with E-state index >= 15 is 0 Å². The first-order valence-corrected chi connectivity index (χ1v) is 7.48. The summed E-state index contributed by atoms with van der Waals surface area (Å²) in [5.41, 5.74) is 8.66. The van der Waals surface area contributed by atoms with Gasteiger partial charge in [0.1, 0.15) is 11.5 Å². The van der Waals surface area contributed by atoms with Crippen LogP contribution in [-0.4, -0.2) is 20.7 Å². The molecule has 0 saturated carbocycles. The third kappa shape index (κ3) is 3.48. The lowest BCUT2D eigenvalue weighted by Gasteiger charge is -2.10. The number of thiocarbonyl (C=S) groups is 1. The summed E-state index contributed by atoms with van der Waals surface area (Å²) in [7, 11) is 0. The van der Waals surface area contributed by atoms with Crippen LogP contribution < -0.4 is 11.1 Å². The maximum Gasteiger partial charge on any atom is 0.246 e. The zero-order valence-corrected chi connectivity index (χ0v) is 14.1. The molecule has 1 heterocycles. The number of carbonyl (C=O) groups is 1. The molecule has 0 fully saturated rings. The van der Waals surface area contributed by atoms with Crippen molar-refractivity contribution >= 4 is 44.7 Å². The van der Waals surface area contributed by atoms with Gasteiger partial charge in [-0.05, 0) is 41.9 Å². The Morgan fingerprint density at radius 3 is 2.67 bits per heavy atom. The van der Waals surface area contributed by atoms with Crippen LogP contribution in [0.4, 0.5) is 5.69 Å². The number of nitrogens with zero attached hydrogens (tertiary/aromatic N) is 2. The third-order valence-corrected chi connectivity index (χ3v) is 4.42. The summed E-state index contributed by atoms with van der Waals surface area (Å²) < 4.78 is 2.57. The number of halogens is 1. The number of amides is 1. The molecule has 7 heteroatoms. The SMILES string of the molecule is Cc1nn(CC(=O)Nc2ccccc2C(N)=S)c(C)c1Br. The summed E-state index contributed by atoms with van der Waals surface area (Å²) in [6.07, 6.45) is 0. The highest BCUT2D eigenvalue weighted by Gasteiger charge is 2.13. The molecule has 1 amide bonds. The monoisotopic (exact) mass is 366 g/mol. The lowest BCUT2D eigenvalue weighted by atomic mass is 10.2. The Morgan fingerprint density at radius 2 is 2.10 bits per heavy atom. The highest BCUT2D eigenvalue weighted by Crippen LogP contribution is 2.20. The average molecular weight is 367 g/mol. The lowest BCUT2D eigenvalue weighted by Crippen LogP contribution is -2.22. The fraction of sp³-hybridized carbons (Fsp3) is 0.214. The third-order valence-electron chi connectivity index (χ3n) is 3.05. The van der Waals surface area contributed by atoms with E-state index in [0.717, 1.165) is 15.9 Å². The number of rotatable bonds is 4. The molecule has 110 valence electrons. The second-order valence-electron chi connectivity index (χ2n) is 4.60. The van der Waals surface area contributed by atoms with Crippen LogP contribution in [0.25, 0.3) is 0 Å². The summed E-state index contributed by atoms with van der Waals surface area (Å²) in [5.74, 6) is -0.184. The first-order chi connectivity index (χ1) is 9.90. The van der Waals surface area contributed by atoms with Gasteiger partial charge in [0.05, 0.1) is 21.5 Å². The van der Waals surface area contributed by atoms with Crippen LogP contribution in [0.3, 0.4) is 0 Å². The fourth-order valence-corrected chi connectivity index (χ4v) is 2.42. The lowest BCUT2D eigenvalue weighted by molar-refractivity contribution is -0.116. The van der Waals surface area contributed by atoms with Crippen molar-refractivity contribution < 1.29 is 4.79 Å². The largest absolute Gasteiger partial charge is 0.389 e. The zero-order valence-electron chi connectivity index (χ0n) is 11.7. The van der Waals surface area contributed by atoms with E-state index in [9.17, 15) is 4.79 Å². The number of aromatic nitrogens is 2. The van der Waals surface area contributed by atoms with Gasteiger partial charge in [-0.1, -0.05) is 24.4 Å². The van der Waals surface area contributed by atoms with Gasteiger partial charge in [-0.15, -0.1) is 0 Å². The predicted octanol–water partition coefficient (Wildman–Crippen LogP) is 2.54. The minimum Gasteiger partial charge on any atom is -0.389 e. The van der Waals surface area contributed by atoms with Gasteiger partial charge in [0.25, 0.3) is 0 Å². The van der Waals surface area contributed by atoms with Gasteiger partial charge in [0.2, 0.25) is 5.91 Å². The number of para-hydroxylation sites is 1. The Labute approximate surface area is 136 Å². The maximum absolute atomic E-state index is 12.2. The van der Waals surface area contributed by atoms with E-state index < -0.39 is 0 Å². The highest BCUT2D eigenvalue weighted by atomic mass is 79.9. The summed E-state index contributed by atoms with van der Waals surface area (Å²) in [6, 6.07) is 7.18. The summed E-state index contributed by atoms with van der Waals surface area (Å²) in [6.45, 7) is 3.91. The molecule has 0 aliphatic heterocycles. The van der Waals surface area contributed by atoms with Gasteiger partial charge in [0, 0.05) is 5.56 Å². The van der Waals surface area contributed by atoms with Crippen molar-refractivity contribution in [3.05, 3.63) is 45.7 Å². The Bertz CT molecular complexity index is 711. The first kappa shape index (κ1) is 15.7. The molecule has 0 bridgehead atoms. The number of hydrogen-bond donors (Lipinski definition) is 2. The zero-order chi connectivity index (χ0) is 15.6. The van der Waals surface area contributed by atoms with E-state index in [1.54, 1.807) is 16.8 Å². The van der Waals surface area contributed by atoms with Crippen molar-refractivity contribution in [1.82, 2.24) is 9.78 Å². The Kier molecular flexibility index (Phi) is 4.74. The molecule has 0 spiro atoms. The molecule has 2 rings (SSSR count). The molecule has 0 radical (unpaired) electrons. The summed E-state index contributed by atoms with van der Waals surface area (Å²) in [4.78, 5) is 12.4. The molecular weight excluding hydrogens is 352 g/mol. The van der Waals surface area contributed by atoms with E-state index in [-0.39, 0.29) is 17.4 Å². The van der Waals surface area contributed by atoms with Crippen LogP contribution in [0.5, 0.6) is 0 Å². The predicted molar refractivity (Wildman–Crippen MR) is 90.4 cm³/mol. The van der Waals surface area contributed by atoms with E-state index in [1.807, 2.05) is 26.0 Å². The van der Waals surface area contributed by atoms with Crippen LogP contribution in [0, 0.1) is 13.8 Å². The topological polar surface area (TPSA) is 72.9 Å². The Balaban J connectivity index is 2.16. The van der Waals surface area contributed by atoms with Crippen molar-refractivity contribution in [1.29, 1.82) is 0 Å². The standard InChI is InChI=1S/C14H15BrN4OS/c1-8-13(15)9(2)19(18-8)7-12(20)17-11-6-4-3-5-10(11)14(16)21/h3-6H,7H2,1-2H3,(H2,16,21)(H,17,20). The summed E-state index contributed by atoms with van der Waals surface area (Å²) >= 11 is 8.41. The number of anilines is 1. The molecule has 0 aliphatic rings. The minimum atomic E-state index is -0.184. The van der Waals surface area contributed by atoms with Crippen LogP contribution in [-0.2, 0) is 11.3 Å². The smallest absolute Gasteiger partial charge is 0.246 e. The molecule has 2 aromatic rings. The molecule has 3 N–H and O–H groups in total. The first-order valence-electron chi connectivity index (χ1n) is 6.28. The fourth-order valence-electron chi connectivity index (χ4n) is 1.96. The summed E-state index contributed by atoms with van der Waals surface area (Å²) in [5, 5.41) is 7.12. The molecule has 5 nitrogen and oxygen atoms in total. The second kappa shape index (κ2) is 6.36. The van der Waals surface area contributed by atoms with Crippen molar-refractivity contribution in [3.8, 4) is 0 Å². The maximum atomic E-state index is 12.2. The number of nitrogens with one attached hydrogen (secondary N) is 1. The molecule has 0 atom stereocenters. The molecule has 0 unspecified atom stereocenters. The average Bonchev–Trinajstić information content (AvgIpc) is 2.66. The van der Waals surface area contributed by atoms with E-state index in [0.29, 0.717) is 11.3 Å². The van der Waals surface area contributed by atoms with Crippen LogP contribution in [0.1, 0.15) is 17.0 Å². The van der Waals surface area contributed by atoms with E-state index in [2.05, 4.69) is 26.3 Å². The van der Waals surface area contributed by atoms with Gasteiger partial charge in [-0.3, -0.25) is 9.48 Å². The van der Waals surface area contributed by atoms with Gasteiger partial charge in [-0.2, -0.15) is 5.10 Å². The van der Waals surface area contributed by atoms with Crippen molar-refractivity contribution in [2.75, 3.05) is 5.32 Å². The van der Waals surface area contributed by atoms with E-state index in [1.165, 1.54) is 0 Å². The highest BCUT2D eigenvalue weighted by molar-refractivity contribution is 9.10. The molecule has 0 saturated heterocycles. The molecular formula is C14H15BrN4OS. The van der Waals surface area contributed by atoms with Gasteiger partial charge in [0.15, 0.2) is 0 Å². The van der Waals surface area contributed by atoms with Crippen LogP contribution in [0.2, 0.25) is 0 Å². The molecule has 0 aliphatic carbocycles. The molecule has 1 aromatic heterocycles. The quantitative estimate of drug-likeness (QED) is 0.815. The van der Waals surface area contributed by atoms with Gasteiger partial charge >= 0.3 is 0 Å². The second-order valence-corrected chi connectivity index (χ2v) is 5.83. The van der Waals surface area contributed by atoms with Crippen molar-refractivity contribution in [2.24, 2.45) is 5.73 Å². The Hall–Kier alpha value is -1.73. The number of aryl methyl sites for hydroxylation is 1. The Morgan fingerprint density at radius 1 is 1.43 bits per heavy atom. The van der Waals surface area contributed by atoms with Crippen LogP contribution >= 0.6 is 28.1 Å². The van der Waals surface area contributed by atoms with Crippen molar-refractivity contribution in [3.63, 3.8) is 0 Å². The van der Waals surface area contributed by atoms with Gasteiger partial charge < -0.3 is 11.1 Å². The number of nitrogens with two attached hydrogens (primary N) is 1. The normalized spacial score (nSPS) is 10.4. The van der Waals surface area contributed by atoms with Crippen molar-refractivity contribution in [2.45, 2.75) is 20.4 Å². The van der Waals surface area contributed by atoms with E-state index in [4.69, 9.17) is 18.0 Å². The molecule has 1 aromatic carbocycles. The number of carbonyl (C=O) groups excluding carboxylic acids is 1. The minimum absolute atomic E-state index is 0.129. The number of hydrogen-bond acceptors (Lipinski definition) is 3. The molecule has 21 heavy (non-hydrogen) atoms. The van der Waals surface area contributed by atoms with Crippen LogP contribution in [0.15, 0.2) is 28.7 Å².